The van der Waals surface area contributed by atoms with Crippen LogP contribution in [0.1, 0.15) is 52.4 Å². The van der Waals surface area contributed by atoms with Crippen LogP contribution in [0.3, 0.4) is 0 Å². The maximum Gasteiger partial charge on any atom is 0.210 e. The average molecular weight is 282 g/mol. The maximum absolute atomic E-state index is 11.1. The lowest BCUT2D eigenvalue weighted by Crippen LogP contribution is -2.54. The smallest absolute Gasteiger partial charge is 0.210 e. The van der Waals surface area contributed by atoms with E-state index in [1.54, 1.807) is 0 Å². The fraction of sp³-hybridized carbons (Fsp3) is 0.938. The number of carbonyl (C=O) groups excluding carboxylic acids is 1. The molecule has 20 heavy (non-hydrogen) atoms. The van der Waals surface area contributed by atoms with Crippen LogP contribution in [0.5, 0.6) is 0 Å². The summed E-state index contributed by atoms with van der Waals surface area (Å²) >= 11 is 0. The molecule has 0 spiro atoms. The van der Waals surface area contributed by atoms with Gasteiger partial charge in [-0.15, -0.1) is 0 Å². The van der Waals surface area contributed by atoms with Crippen LogP contribution in [0.2, 0.25) is 0 Å². The largest absolute Gasteiger partial charge is 0.376 e. The number of nitrogens with two attached hydrogens (primary N) is 1. The highest BCUT2D eigenvalue weighted by Crippen LogP contribution is 2.31. The monoisotopic (exact) mass is 282 g/mol. The number of amides is 1. The maximum atomic E-state index is 11.1. The number of hydrogen-bond donors (Lipinski definition) is 1. The molecule has 0 unspecified atom stereocenters. The molecule has 2 aliphatic rings. The Morgan fingerprint density at radius 2 is 1.95 bits per heavy atom. The molecule has 2 rings (SSSR count). The third-order valence-electron chi connectivity index (χ3n) is 5.17. The minimum atomic E-state index is 0.0703. The number of piperidine rings is 1. The third-order valence-corrected chi connectivity index (χ3v) is 5.17. The van der Waals surface area contributed by atoms with E-state index in [0.29, 0.717) is 12.7 Å². The Labute approximate surface area is 123 Å². The van der Waals surface area contributed by atoms with Gasteiger partial charge in [-0.05, 0) is 50.4 Å². The highest BCUT2D eigenvalue weighted by molar-refractivity contribution is 5.48. The Bertz CT molecular complexity index is 301. The first-order valence-corrected chi connectivity index (χ1v) is 8.20. The standard InChI is InChI=1S/C16H30N2O2/c1-12(2)13-5-7-14(8-6-13)20-10-16-15(17)4-3-9-18(16)11-19/h11-16H,3-10,17H2,1-2H3/t13?,14?,15-,16-/m0/s1. The molecule has 0 bridgehead atoms. The molecule has 1 amide bonds. The van der Waals surface area contributed by atoms with Crippen LogP contribution in [0.15, 0.2) is 0 Å². The molecule has 1 heterocycles. The summed E-state index contributed by atoms with van der Waals surface area (Å²) in [7, 11) is 0. The van der Waals surface area contributed by atoms with E-state index in [4.69, 9.17) is 10.5 Å². The second-order valence-electron chi connectivity index (χ2n) is 6.83. The van der Waals surface area contributed by atoms with Gasteiger partial charge in [0.2, 0.25) is 6.41 Å². The molecule has 1 saturated heterocycles. The van der Waals surface area contributed by atoms with E-state index in [1.165, 1.54) is 12.8 Å². The van der Waals surface area contributed by atoms with E-state index in [9.17, 15) is 4.79 Å². The molecule has 1 saturated carbocycles. The molecule has 0 aromatic carbocycles. The summed E-state index contributed by atoms with van der Waals surface area (Å²) in [6.45, 7) is 6.06. The van der Waals surface area contributed by atoms with Crippen molar-refractivity contribution in [2.75, 3.05) is 13.2 Å². The summed E-state index contributed by atoms with van der Waals surface area (Å²) in [4.78, 5) is 12.9. The van der Waals surface area contributed by atoms with Crippen molar-refractivity contribution in [2.24, 2.45) is 17.6 Å². The third kappa shape index (κ3) is 3.95. The molecule has 1 aliphatic carbocycles. The van der Waals surface area contributed by atoms with Crippen LogP contribution in [0, 0.1) is 11.8 Å². The topological polar surface area (TPSA) is 55.6 Å². The zero-order chi connectivity index (χ0) is 14.5. The molecule has 1 aliphatic heterocycles. The average Bonchev–Trinajstić information content (AvgIpc) is 2.46. The Morgan fingerprint density at radius 1 is 1.25 bits per heavy atom. The molecule has 4 nitrogen and oxygen atoms in total. The van der Waals surface area contributed by atoms with E-state index >= 15 is 0 Å². The van der Waals surface area contributed by atoms with Crippen molar-refractivity contribution in [1.29, 1.82) is 0 Å². The fourth-order valence-electron chi connectivity index (χ4n) is 3.62. The van der Waals surface area contributed by atoms with E-state index in [2.05, 4.69) is 13.8 Å². The first kappa shape index (κ1) is 15.8. The van der Waals surface area contributed by atoms with E-state index in [1.807, 2.05) is 4.90 Å². The number of nitrogens with zero attached hydrogens (tertiary/aromatic N) is 1. The molecule has 0 aromatic rings. The number of carbonyl (C=O) groups is 1. The first-order chi connectivity index (χ1) is 9.61. The SMILES string of the molecule is CC(C)C1CCC(OC[C@H]2[C@@H](N)CCCN2C=O)CC1. The lowest BCUT2D eigenvalue weighted by molar-refractivity contribution is -0.124. The van der Waals surface area contributed by atoms with Crippen molar-refractivity contribution < 1.29 is 9.53 Å². The fourth-order valence-corrected chi connectivity index (χ4v) is 3.62. The van der Waals surface area contributed by atoms with Gasteiger partial charge in [0, 0.05) is 12.6 Å². The summed E-state index contributed by atoms with van der Waals surface area (Å²) in [6.07, 6.45) is 8.18. The van der Waals surface area contributed by atoms with Crippen LogP contribution in [-0.4, -0.2) is 42.6 Å². The molecule has 0 aromatic heterocycles. The number of hydrogen-bond acceptors (Lipinski definition) is 3. The van der Waals surface area contributed by atoms with Crippen molar-refractivity contribution in [1.82, 2.24) is 4.90 Å². The lowest BCUT2D eigenvalue weighted by Gasteiger charge is -2.38. The molecular weight excluding hydrogens is 252 g/mol. The Hall–Kier alpha value is -0.610. The minimum Gasteiger partial charge on any atom is -0.376 e. The Balaban J connectivity index is 1.76. The molecule has 2 N–H and O–H groups in total. The van der Waals surface area contributed by atoms with Gasteiger partial charge in [-0.1, -0.05) is 13.8 Å². The van der Waals surface area contributed by atoms with Crippen molar-refractivity contribution >= 4 is 6.41 Å². The Morgan fingerprint density at radius 3 is 2.55 bits per heavy atom. The Kier molecular flexibility index (Phi) is 5.85. The van der Waals surface area contributed by atoms with Crippen LogP contribution in [-0.2, 0) is 9.53 Å². The summed E-state index contributed by atoms with van der Waals surface area (Å²) in [5, 5.41) is 0. The van der Waals surface area contributed by atoms with E-state index in [0.717, 1.165) is 50.5 Å². The number of rotatable bonds is 5. The molecule has 2 atom stereocenters. The van der Waals surface area contributed by atoms with E-state index in [-0.39, 0.29) is 12.1 Å². The zero-order valence-corrected chi connectivity index (χ0v) is 13.0. The summed E-state index contributed by atoms with van der Waals surface area (Å²) in [5.41, 5.74) is 6.14. The molecule has 0 radical (unpaired) electrons. The highest BCUT2D eigenvalue weighted by atomic mass is 16.5. The summed E-state index contributed by atoms with van der Waals surface area (Å²) in [5.74, 6) is 1.64. The van der Waals surface area contributed by atoms with Gasteiger partial charge in [0.25, 0.3) is 0 Å². The van der Waals surface area contributed by atoms with Gasteiger partial charge in [0.05, 0.1) is 18.8 Å². The van der Waals surface area contributed by atoms with Gasteiger partial charge in [0.15, 0.2) is 0 Å². The van der Waals surface area contributed by atoms with E-state index < -0.39 is 0 Å². The predicted octanol–water partition coefficient (Wildman–Crippen LogP) is 2.17. The number of likely N-dealkylation sites (tertiary alicyclic amines) is 1. The minimum absolute atomic E-state index is 0.0703. The first-order valence-electron chi connectivity index (χ1n) is 8.20. The van der Waals surface area contributed by atoms with Crippen molar-refractivity contribution in [3.8, 4) is 0 Å². The van der Waals surface area contributed by atoms with Crippen LogP contribution >= 0.6 is 0 Å². The summed E-state index contributed by atoms with van der Waals surface area (Å²) in [6, 6.07) is 0.144. The van der Waals surface area contributed by atoms with Gasteiger partial charge >= 0.3 is 0 Å². The second kappa shape index (κ2) is 7.41. The highest BCUT2D eigenvalue weighted by Gasteiger charge is 2.30. The summed E-state index contributed by atoms with van der Waals surface area (Å²) < 4.78 is 6.07. The van der Waals surface area contributed by atoms with Crippen LogP contribution in [0.25, 0.3) is 0 Å². The van der Waals surface area contributed by atoms with Crippen molar-refractivity contribution in [3.63, 3.8) is 0 Å². The van der Waals surface area contributed by atoms with Gasteiger partial charge in [0.1, 0.15) is 0 Å². The van der Waals surface area contributed by atoms with Crippen molar-refractivity contribution in [3.05, 3.63) is 0 Å². The van der Waals surface area contributed by atoms with Gasteiger partial charge in [-0.2, -0.15) is 0 Å². The second-order valence-corrected chi connectivity index (χ2v) is 6.83. The van der Waals surface area contributed by atoms with Crippen LogP contribution < -0.4 is 5.73 Å². The van der Waals surface area contributed by atoms with Gasteiger partial charge < -0.3 is 15.4 Å². The normalized spacial score (nSPS) is 35.3. The quantitative estimate of drug-likeness (QED) is 0.786. The molecule has 2 fully saturated rings. The number of ether oxygens (including phenoxy) is 1. The predicted molar refractivity (Wildman–Crippen MR) is 80.3 cm³/mol. The molecule has 116 valence electrons. The molecular formula is C16H30N2O2. The molecule has 4 heteroatoms. The van der Waals surface area contributed by atoms with Gasteiger partial charge in [-0.25, -0.2) is 0 Å². The van der Waals surface area contributed by atoms with Crippen LogP contribution in [0.4, 0.5) is 0 Å². The van der Waals surface area contributed by atoms with Gasteiger partial charge in [-0.3, -0.25) is 4.79 Å². The van der Waals surface area contributed by atoms with Crippen molar-refractivity contribution in [2.45, 2.75) is 70.6 Å². The zero-order valence-electron chi connectivity index (χ0n) is 13.0. The lowest BCUT2D eigenvalue weighted by atomic mass is 9.80.